The van der Waals surface area contributed by atoms with Gasteiger partial charge in [-0.15, -0.1) is 0 Å². The van der Waals surface area contributed by atoms with Crippen LogP contribution in [0.1, 0.15) is 39.3 Å². The Bertz CT molecular complexity index is 1280. The summed E-state index contributed by atoms with van der Waals surface area (Å²) < 4.78 is 49.4. The van der Waals surface area contributed by atoms with Gasteiger partial charge in [0.1, 0.15) is 5.71 Å². The average Bonchev–Trinajstić information content (AvgIpc) is 3.28. The zero-order chi connectivity index (χ0) is 24.1. The predicted octanol–water partition coefficient (Wildman–Crippen LogP) is 6.32. The van der Waals surface area contributed by atoms with E-state index in [1.54, 1.807) is 17.4 Å². The van der Waals surface area contributed by atoms with Crippen molar-refractivity contribution in [3.05, 3.63) is 74.5 Å². The molecule has 0 amide bonds. The van der Waals surface area contributed by atoms with Crippen LogP contribution in [-0.4, -0.2) is 35.0 Å². The van der Waals surface area contributed by atoms with Crippen molar-refractivity contribution in [3.63, 3.8) is 0 Å². The topological polar surface area (TPSA) is 52.3 Å². The Morgan fingerprint density at radius 2 is 1.85 bits per heavy atom. The Morgan fingerprint density at radius 1 is 1.18 bits per heavy atom. The van der Waals surface area contributed by atoms with Crippen molar-refractivity contribution in [2.45, 2.75) is 38.5 Å². The maximum Gasteiger partial charge on any atom is 0.431 e. The Morgan fingerprint density at radius 3 is 2.45 bits per heavy atom. The molecule has 174 valence electrons. The first-order chi connectivity index (χ1) is 15.5. The summed E-state index contributed by atoms with van der Waals surface area (Å²) in [6.45, 7) is 3.61. The molecule has 0 radical (unpaired) electrons. The summed E-state index contributed by atoms with van der Waals surface area (Å²) in [7, 11) is 1.27. The Kier molecular flexibility index (Phi) is 5.87. The van der Waals surface area contributed by atoms with Crippen molar-refractivity contribution >= 4 is 40.4 Å². The summed E-state index contributed by atoms with van der Waals surface area (Å²) in [5.41, 5.74) is 0.578. The second kappa shape index (κ2) is 8.25. The van der Waals surface area contributed by atoms with Crippen LogP contribution in [0.4, 0.5) is 13.2 Å². The fourth-order valence-corrected chi connectivity index (χ4v) is 4.83. The van der Waals surface area contributed by atoms with Crippen LogP contribution in [0.5, 0.6) is 0 Å². The maximum absolute atomic E-state index is 14.3. The van der Waals surface area contributed by atoms with Gasteiger partial charge >= 0.3 is 12.1 Å². The number of rotatable bonds is 4. The minimum Gasteiger partial charge on any atom is -0.465 e. The van der Waals surface area contributed by atoms with Crippen LogP contribution in [0.2, 0.25) is 10.0 Å². The summed E-state index contributed by atoms with van der Waals surface area (Å²) in [4.78, 5) is 17.4. The number of fused-ring (bicyclic) bond motifs is 1. The first-order valence-corrected chi connectivity index (χ1v) is 10.7. The quantitative estimate of drug-likeness (QED) is 0.395. The number of hydrogen-bond acceptors (Lipinski definition) is 4. The number of pyridine rings is 1. The number of carbonyl (C=O) groups excluding carboxylic acids is 1. The summed E-state index contributed by atoms with van der Waals surface area (Å²) in [5, 5.41) is 4.31. The number of oxime groups is 1. The smallest absolute Gasteiger partial charge is 0.431 e. The molecule has 1 aromatic carbocycles. The molecule has 0 fully saturated rings. The van der Waals surface area contributed by atoms with E-state index in [4.69, 9.17) is 32.8 Å². The molecule has 1 unspecified atom stereocenters. The van der Waals surface area contributed by atoms with E-state index in [1.807, 2.05) is 13.0 Å². The van der Waals surface area contributed by atoms with Gasteiger partial charge in [-0.1, -0.05) is 28.4 Å². The van der Waals surface area contributed by atoms with Crippen molar-refractivity contribution in [2.24, 2.45) is 5.16 Å². The average molecular weight is 499 g/mol. The minimum atomic E-state index is -4.72. The third-order valence-corrected chi connectivity index (χ3v) is 6.13. The molecule has 0 N–H and O–H groups in total. The monoisotopic (exact) mass is 498 g/mol. The Labute approximate surface area is 197 Å². The van der Waals surface area contributed by atoms with E-state index < -0.39 is 30.6 Å². The fourth-order valence-electron chi connectivity index (χ4n) is 4.26. The number of benzene rings is 1. The number of ether oxygens (including phenoxy) is 1. The van der Waals surface area contributed by atoms with Gasteiger partial charge in [-0.2, -0.15) is 13.2 Å². The molecule has 3 aromatic rings. The van der Waals surface area contributed by atoms with E-state index in [0.717, 1.165) is 11.3 Å². The number of methoxy groups -OCH3 is 1. The van der Waals surface area contributed by atoms with Crippen molar-refractivity contribution < 1.29 is 27.5 Å². The normalized spacial score (nSPS) is 18.4. The van der Waals surface area contributed by atoms with Crippen molar-refractivity contribution in [3.8, 4) is 0 Å². The van der Waals surface area contributed by atoms with E-state index in [9.17, 15) is 18.0 Å². The van der Waals surface area contributed by atoms with Crippen LogP contribution in [0, 0.1) is 13.8 Å². The third kappa shape index (κ3) is 4.06. The lowest BCUT2D eigenvalue weighted by Crippen LogP contribution is -2.47. The standard InChI is InChI=1S/C23H19Cl2F3N2O3/c1-12-6-13(2)30-19(5-4-17(20(12)30)21(31)32-3)18-11-22(33-29-18,23(26,27)28)10-14-7-15(24)9-16(25)8-14/h4-9H,10-11H2,1-3H3. The predicted molar refractivity (Wildman–Crippen MR) is 119 cm³/mol. The molecule has 0 spiro atoms. The van der Waals surface area contributed by atoms with Crippen molar-refractivity contribution in [1.29, 1.82) is 0 Å². The van der Waals surface area contributed by atoms with E-state index in [-0.39, 0.29) is 21.3 Å². The number of hydrogen-bond donors (Lipinski definition) is 0. The molecule has 0 bridgehead atoms. The molecule has 4 rings (SSSR count). The lowest BCUT2D eigenvalue weighted by molar-refractivity contribution is -0.268. The highest BCUT2D eigenvalue weighted by Crippen LogP contribution is 2.44. The zero-order valence-corrected chi connectivity index (χ0v) is 19.4. The van der Waals surface area contributed by atoms with E-state index in [0.29, 0.717) is 16.8 Å². The van der Waals surface area contributed by atoms with Crippen LogP contribution in [0.3, 0.4) is 0 Å². The van der Waals surface area contributed by atoms with Crippen LogP contribution < -0.4 is 0 Å². The van der Waals surface area contributed by atoms with Crippen LogP contribution in [-0.2, 0) is 16.0 Å². The Balaban J connectivity index is 1.78. The minimum absolute atomic E-state index is 0.112. The van der Waals surface area contributed by atoms with Gasteiger partial charge in [0.15, 0.2) is 0 Å². The number of halogens is 5. The fraction of sp³-hybridized carbons (Fsp3) is 0.304. The number of alkyl halides is 3. The molecular formula is C23H19Cl2F3N2O3. The van der Waals surface area contributed by atoms with Gasteiger partial charge in [0.25, 0.3) is 0 Å². The number of aryl methyl sites for hydroxylation is 2. The first kappa shape index (κ1) is 23.4. The molecule has 0 aliphatic carbocycles. The van der Waals surface area contributed by atoms with Crippen molar-refractivity contribution in [2.75, 3.05) is 7.11 Å². The molecule has 0 saturated heterocycles. The summed E-state index contributed by atoms with van der Waals surface area (Å²) >= 11 is 12.0. The van der Waals surface area contributed by atoms with Crippen LogP contribution >= 0.6 is 23.2 Å². The molecule has 3 heterocycles. The van der Waals surface area contributed by atoms with Gasteiger partial charge in [0.2, 0.25) is 5.60 Å². The lowest BCUT2D eigenvalue weighted by atomic mass is 9.88. The molecule has 5 nitrogen and oxygen atoms in total. The highest BCUT2D eigenvalue weighted by atomic mass is 35.5. The molecule has 1 aliphatic heterocycles. The number of nitrogens with zero attached hydrogens (tertiary/aromatic N) is 2. The van der Waals surface area contributed by atoms with Gasteiger partial charge in [0, 0.05) is 28.6 Å². The summed E-state index contributed by atoms with van der Waals surface area (Å²) in [6.07, 6.45) is -5.76. The maximum atomic E-state index is 14.3. The molecule has 10 heteroatoms. The van der Waals surface area contributed by atoms with Crippen molar-refractivity contribution in [1.82, 2.24) is 4.40 Å². The first-order valence-electron chi connectivity index (χ1n) is 9.93. The third-order valence-electron chi connectivity index (χ3n) is 5.69. The molecule has 1 atom stereocenters. The van der Waals surface area contributed by atoms with Gasteiger partial charge in [0.05, 0.1) is 23.9 Å². The Hall–Kier alpha value is -2.71. The SMILES string of the molecule is COC(=O)c1ccc(C2=NOC(Cc3cc(Cl)cc(Cl)c3)(C(F)(F)F)C2)n2c(C)cc(C)c12. The second-order valence-corrected chi connectivity index (χ2v) is 8.90. The summed E-state index contributed by atoms with van der Waals surface area (Å²) in [6, 6.07) is 9.20. The number of esters is 1. The largest absolute Gasteiger partial charge is 0.465 e. The van der Waals surface area contributed by atoms with Gasteiger partial charge in [-0.25, -0.2) is 4.79 Å². The van der Waals surface area contributed by atoms with E-state index >= 15 is 0 Å². The summed E-state index contributed by atoms with van der Waals surface area (Å²) in [5.74, 6) is -0.542. The van der Waals surface area contributed by atoms with Gasteiger partial charge in [-0.3, -0.25) is 0 Å². The molecule has 1 aliphatic rings. The van der Waals surface area contributed by atoms with E-state index in [1.165, 1.54) is 31.4 Å². The molecule has 33 heavy (non-hydrogen) atoms. The number of carbonyl (C=O) groups is 1. The zero-order valence-electron chi connectivity index (χ0n) is 17.9. The second-order valence-electron chi connectivity index (χ2n) is 8.03. The van der Waals surface area contributed by atoms with Gasteiger partial charge in [-0.05, 0) is 61.4 Å². The van der Waals surface area contributed by atoms with Crippen LogP contribution in [0.15, 0.2) is 41.6 Å². The van der Waals surface area contributed by atoms with E-state index in [2.05, 4.69) is 5.16 Å². The lowest BCUT2D eigenvalue weighted by Gasteiger charge is -2.29. The number of aromatic nitrogens is 1. The van der Waals surface area contributed by atoms with Crippen LogP contribution in [0.25, 0.3) is 5.52 Å². The molecule has 0 saturated carbocycles. The highest BCUT2D eigenvalue weighted by Gasteiger charge is 2.61. The molecular weight excluding hydrogens is 480 g/mol. The highest BCUT2D eigenvalue weighted by molar-refractivity contribution is 6.34. The molecule has 2 aromatic heterocycles. The van der Waals surface area contributed by atoms with Gasteiger partial charge < -0.3 is 14.0 Å².